The SMILES string of the molecule is COC(=O)[C@H](Cc1ccc(OS(=O)(=O)Oc2ccc3c(C)cc(=O)oc3c2)cc1)NC(=O)OC(C)(C)C. The van der Waals surface area contributed by atoms with Gasteiger partial charge in [0, 0.05) is 23.9 Å². The smallest absolute Gasteiger partial charge is 0.467 e. The highest BCUT2D eigenvalue weighted by Gasteiger charge is 2.25. The number of hydrogen-bond acceptors (Lipinski definition) is 10. The Morgan fingerprint density at radius 2 is 1.62 bits per heavy atom. The van der Waals surface area contributed by atoms with E-state index in [9.17, 15) is 22.8 Å². The molecule has 37 heavy (non-hydrogen) atoms. The highest BCUT2D eigenvalue weighted by Crippen LogP contribution is 2.24. The summed E-state index contributed by atoms with van der Waals surface area (Å²) >= 11 is 0. The average Bonchev–Trinajstić information content (AvgIpc) is 2.77. The zero-order valence-corrected chi connectivity index (χ0v) is 21.7. The summed E-state index contributed by atoms with van der Waals surface area (Å²) in [5, 5.41) is 3.09. The molecule has 1 aromatic heterocycles. The molecule has 1 atom stereocenters. The minimum Gasteiger partial charge on any atom is -0.467 e. The number of rotatable bonds is 8. The molecular weight excluding hydrogens is 506 g/mol. The molecule has 0 aliphatic heterocycles. The lowest BCUT2D eigenvalue weighted by molar-refractivity contribution is -0.143. The number of methoxy groups -OCH3 is 1. The number of aryl methyl sites for hydroxylation is 1. The largest absolute Gasteiger partial charge is 0.500 e. The molecule has 198 valence electrons. The summed E-state index contributed by atoms with van der Waals surface area (Å²) in [4.78, 5) is 35.8. The predicted octanol–water partition coefficient (Wildman–Crippen LogP) is 3.41. The van der Waals surface area contributed by atoms with Crippen molar-refractivity contribution < 1.29 is 40.3 Å². The minimum atomic E-state index is -4.53. The van der Waals surface area contributed by atoms with E-state index < -0.39 is 39.7 Å². The Hall–Kier alpha value is -4.06. The lowest BCUT2D eigenvalue weighted by Gasteiger charge is -2.22. The van der Waals surface area contributed by atoms with Crippen LogP contribution >= 0.6 is 0 Å². The number of ether oxygens (including phenoxy) is 2. The van der Waals surface area contributed by atoms with Crippen LogP contribution in [-0.4, -0.2) is 39.2 Å². The Morgan fingerprint density at radius 1 is 1.00 bits per heavy atom. The van der Waals surface area contributed by atoms with E-state index in [1.807, 2.05) is 0 Å². The van der Waals surface area contributed by atoms with Gasteiger partial charge < -0.3 is 27.6 Å². The van der Waals surface area contributed by atoms with Crippen LogP contribution in [0, 0.1) is 6.92 Å². The van der Waals surface area contributed by atoms with Gasteiger partial charge in [0.2, 0.25) is 0 Å². The van der Waals surface area contributed by atoms with Gasteiger partial charge in [-0.05, 0) is 63.1 Å². The fourth-order valence-corrected chi connectivity index (χ4v) is 4.03. The van der Waals surface area contributed by atoms with Crippen LogP contribution < -0.4 is 19.3 Å². The quantitative estimate of drug-likeness (QED) is 0.337. The third-order valence-corrected chi connectivity index (χ3v) is 5.65. The van der Waals surface area contributed by atoms with Crippen LogP contribution in [0.4, 0.5) is 4.79 Å². The molecule has 0 bridgehead atoms. The van der Waals surface area contributed by atoms with Gasteiger partial charge in [-0.15, -0.1) is 8.42 Å². The number of esters is 1. The van der Waals surface area contributed by atoms with Crippen LogP contribution in [0.15, 0.2) is 57.7 Å². The summed E-state index contributed by atoms with van der Waals surface area (Å²) in [5.41, 5.74) is 0.0979. The van der Waals surface area contributed by atoms with E-state index in [1.54, 1.807) is 33.8 Å². The fourth-order valence-electron chi connectivity index (χ4n) is 3.31. The molecule has 0 aliphatic rings. The maximum atomic E-state index is 12.4. The number of amides is 1. The summed E-state index contributed by atoms with van der Waals surface area (Å²) in [6.45, 7) is 6.79. The van der Waals surface area contributed by atoms with Crippen molar-refractivity contribution >= 4 is 33.4 Å². The molecule has 0 radical (unpaired) electrons. The van der Waals surface area contributed by atoms with Crippen LogP contribution in [0.3, 0.4) is 0 Å². The summed E-state index contributed by atoms with van der Waals surface area (Å²) in [7, 11) is -3.34. The van der Waals surface area contributed by atoms with E-state index in [0.717, 1.165) is 0 Å². The van der Waals surface area contributed by atoms with Gasteiger partial charge in [0.05, 0.1) is 7.11 Å². The van der Waals surface area contributed by atoms with Gasteiger partial charge in [-0.2, -0.15) is 0 Å². The average molecular weight is 534 g/mol. The van der Waals surface area contributed by atoms with E-state index >= 15 is 0 Å². The van der Waals surface area contributed by atoms with Crippen LogP contribution in [0.2, 0.25) is 0 Å². The maximum Gasteiger partial charge on any atom is 0.500 e. The van der Waals surface area contributed by atoms with Gasteiger partial charge >= 0.3 is 28.1 Å². The zero-order chi connectivity index (χ0) is 27.4. The molecule has 0 saturated carbocycles. The molecular formula is C25H27NO10S. The van der Waals surface area contributed by atoms with Gasteiger partial charge in [0.1, 0.15) is 28.7 Å². The normalized spacial score (nSPS) is 12.5. The van der Waals surface area contributed by atoms with Crippen molar-refractivity contribution in [2.45, 2.75) is 45.8 Å². The predicted molar refractivity (Wildman–Crippen MR) is 133 cm³/mol. The molecule has 1 heterocycles. The molecule has 1 amide bonds. The number of fused-ring (bicyclic) bond motifs is 1. The Labute approximate surface area is 213 Å². The van der Waals surface area contributed by atoms with E-state index in [1.165, 1.54) is 49.6 Å². The van der Waals surface area contributed by atoms with Crippen molar-refractivity contribution in [3.8, 4) is 11.5 Å². The Bertz CT molecular complexity index is 1450. The highest BCUT2D eigenvalue weighted by molar-refractivity contribution is 7.82. The monoisotopic (exact) mass is 533 g/mol. The number of carbonyl (C=O) groups excluding carboxylic acids is 2. The number of alkyl carbamates (subject to hydrolysis) is 1. The molecule has 2 aromatic carbocycles. The third kappa shape index (κ3) is 7.97. The second kappa shape index (κ2) is 10.9. The van der Waals surface area contributed by atoms with Gasteiger partial charge in [-0.25, -0.2) is 14.4 Å². The molecule has 12 heteroatoms. The minimum absolute atomic E-state index is 0.0527. The summed E-state index contributed by atoms with van der Waals surface area (Å²) in [6.07, 6.45) is -0.730. The Balaban J connectivity index is 1.68. The number of benzene rings is 2. The van der Waals surface area contributed by atoms with Crippen LogP contribution in [-0.2, 0) is 31.1 Å². The van der Waals surface area contributed by atoms with Crippen molar-refractivity contribution in [2.24, 2.45) is 0 Å². The number of nitrogens with one attached hydrogen (secondary N) is 1. The van der Waals surface area contributed by atoms with Gasteiger partial charge in [0.25, 0.3) is 0 Å². The second-order valence-electron chi connectivity index (χ2n) is 9.05. The molecule has 0 spiro atoms. The first kappa shape index (κ1) is 27.5. The molecule has 11 nitrogen and oxygen atoms in total. The molecule has 3 rings (SSSR count). The summed E-state index contributed by atoms with van der Waals surface area (Å²) in [6, 6.07) is 10.3. The first-order valence-corrected chi connectivity index (χ1v) is 12.4. The standard InChI is InChI=1S/C25H27NO10S/c1-15-12-22(27)33-21-14-18(10-11-19(15)21)36-37(30,31)35-17-8-6-16(7-9-17)13-20(23(28)32-5)26-24(29)34-25(2,3)4/h6-12,14,20H,13H2,1-5H3,(H,26,29)/t20-/m0/s1. The Kier molecular flexibility index (Phi) is 8.12. The van der Waals surface area contributed by atoms with Crippen LogP contribution in [0.5, 0.6) is 11.5 Å². The van der Waals surface area contributed by atoms with E-state index in [0.29, 0.717) is 16.5 Å². The van der Waals surface area contributed by atoms with Crippen molar-refractivity contribution in [1.29, 1.82) is 0 Å². The zero-order valence-electron chi connectivity index (χ0n) is 20.9. The summed E-state index contributed by atoms with van der Waals surface area (Å²) < 4.78 is 49.8. The molecule has 3 aromatic rings. The lowest BCUT2D eigenvalue weighted by Crippen LogP contribution is -2.45. The van der Waals surface area contributed by atoms with Gasteiger partial charge in [-0.1, -0.05) is 12.1 Å². The molecule has 0 fully saturated rings. The van der Waals surface area contributed by atoms with Gasteiger partial charge in [-0.3, -0.25) is 0 Å². The third-order valence-electron chi connectivity index (χ3n) is 4.86. The van der Waals surface area contributed by atoms with Gasteiger partial charge in [0.15, 0.2) is 0 Å². The van der Waals surface area contributed by atoms with E-state index in [4.69, 9.17) is 22.3 Å². The topological polar surface area (TPSA) is 147 Å². The van der Waals surface area contributed by atoms with Crippen molar-refractivity contribution in [3.63, 3.8) is 0 Å². The molecule has 0 aliphatic carbocycles. The molecule has 0 saturated heterocycles. The molecule has 1 N–H and O–H groups in total. The Morgan fingerprint density at radius 3 is 2.24 bits per heavy atom. The van der Waals surface area contributed by atoms with E-state index in [2.05, 4.69) is 5.32 Å². The number of carbonyl (C=O) groups is 2. The van der Waals surface area contributed by atoms with Crippen LogP contribution in [0.25, 0.3) is 11.0 Å². The van der Waals surface area contributed by atoms with Crippen molar-refractivity contribution in [2.75, 3.05) is 7.11 Å². The molecule has 0 unspecified atom stereocenters. The first-order chi connectivity index (χ1) is 17.2. The van der Waals surface area contributed by atoms with Crippen molar-refractivity contribution in [1.82, 2.24) is 5.32 Å². The maximum absolute atomic E-state index is 12.4. The highest BCUT2D eigenvalue weighted by atomic mass is 32.3. The number of hydrogen-bond donors (Lipinski definition) is 1. The fraction of sp³-hybridized carbons (Fsp3) is 0.320. The lowest BCUT2D eigenvalue weighted by atomic mass is 10.1. The van der Waals surface area contributed by atoms with Crippen molar-refractivity contribution in [3.05, 3.63) is 70.1 Å². The first-order valence-electron chi connectivity index (χ1n) is 11.1. The second-order valence-corrected chi connectivity index (χ2v) is 10.2. The summed E-state index contributed by atoms with van der Waals surface area (Å²) in [5.74, 6) is -0.836. The van der Waals surface area contributed by atoms with E-state index in [-0.39, 0.29) is 23.5 Å². The van der Waals surface area contributed by atoms with Crippen LogP contribution in [0.1, 0.15) is 31.9 Å².